The minimum absolute atomic E-state index is 0.683. The summed E-state index contributed by atoms with van der Waals surface area (Å²) in [6.07, 6.45) is 0. The van der Waals surface area contributed by atoms with E-state index >= 15 is 0 Å². The van der Waals surface area contributed by atoms with Crippen molar-refractivity contribution in [2.75, 3.05) is 11.9 Å². The summed E-state index contributed by atoms with van der Waals surface area (Å²) < 4.78 is 5.64. The van der Waals surface area contributed by atoms with E-state index in [2.05, 4.69) is 55.6 Å². The fraction of sp³-hybridized carbons (Fsp3) is 0.294. The number of anilines is 1. The molecular formula is C17H21NO. The monoisotopic (exact) mass is 255 g/mol. The van der Waals surface area contributed by atoms with Crippen LogP contribution in [-0.2, 0) is 6.54 Å². The van der Waals surface area contributed by atoms with Crippen LogP contribution in [-0.4, -0.2) is 6.61 Å². The first kappa shape index (κ1) is 13.5. The second kappa shape index (κ2) is 6.28. The third kappa shape index (κ3) is 3.75. The van der Waals surface area contributed by atoms with Crippen molar-refractivity contribution < 1.29 is 4.74 Å². The van der Waals surface area contributed by atoms with Gasteiger partial charge < -0.3 is 10.1 Å². The van der Waals surface area contributed by atoms with Gasteiger partial charge in [0.15, 0.2) is 0 Å². The Morgan fingerprint density at radius 1 is 1.00 bits per heavy atom. The number of hydrogen-bond donors (Lipinski definition) is 1. The van der Waals surface area contributed by atoms with Crippen LogP contribution in [0.5, 0.6) is 5.75 Å². The van der Waals surface area contributed by atoms with Gasteiger partial charge in [-0.05, 0) is 44.0 Å². The highest BCUT2D eigenvalue weighted by Gasteiger charge is 2.03. The summed E-state index contributed by atoms with van der Waals surface area (Å²) in [6.45, 7) is 7.70. The summed E-state index contributed by atoms with van der Waals surface area (Å²) in [7, 11) is 0. The average Bonchev–Trinajstić information content (AvgIpc) is 2.39. The highest BCUT2D eigenvalue weighted by molar-refractivity contribution is 5.58. The van der Waals surface area contributed by atoms with Gasteiger partial charge in [-0.3, -0.25) is 0 Å². The Labute approximate surface area is 115 Å². The maximum atomic E-state index is 5.64. The normalized spacial score (nSPS) is 10.3. The third-order valence-corrected chi connectivity index (χ3v) is 3.00. The zero-order valence-corrected chi connectivity index (χ0v) is 11.9. The molecule has 0 radical (unpaired) electrons. The topological polar surface area (TPSA) is 21.3 Å². The zero-order chi connectivity index (χ0) is 13.7. The Morgan fingerprint density at radius 2 is 1.79 bits per heavy atom. The lowest BCUT2D eigenvalue weighted by atomic mass is 10.1. The first-order chi connectivity index (χ1) is 9.19. The molecular weight excluding hydrogens is 234 g/mol. The lowest BCUT2D eigenvalue weighted by Crippen LogP contribution is -2.03. The molecule has 100 valence electrons. The zero-order valence-electron chi connectivity index (χ0n) is 11.9. The summed E-state index contributed by atoms with van der Waals surface area (Å²) in [5.41, 5.74) is 4.86. The van der Waals surface area contributed by atoms with Gasteiger partial charge >= 0.3 is 0 Å². The molecule has 0 fully saturated rings. The summed E-state index contributed by atoms with van der Waals surface area (Å²) in [4.78, 5) is 0. The maximum absolute atomic E-state index is 5.64. The van der Waals surface area contributed by atoms with Gasteiger partial charge in [0, 0.05) is 6.54 Å². The van der Waals surface area contributed by atoms with E-state index in [9.17, 15) is 0 Å². The number of ether oxygens (including phenoxy) is 1. The number of rotatable bonds is 5. The van der Waals surface area contributed by atoms with E-state index in [1.165, 1.54) is 16.7 Å². The van der Waals surface area contributed by atoms with E-state index in [4.69, 9.17) is 4.74 Å². The van der Waals surface area contributed by atoms with Crippen LogP contribution in [0.3, 0.4) is 0 Å². The van der Waals surface area contributed by atoms with Gasteiger partial charge in [0.1, 0.15) is 5.75 Å². The van der Waals surface area contributed by atoms with Crippen LogP contribution in [0.4, 0.5) is 5.69 Å². The van der Waals surface area contributed by atoms with Crippen molar-refractivity contribution in [2.24, 2.45) is 0 Å². The fourth-order valence-corrected chi connectivity index (χ4v) is 2.08. The first-order valence-electron chi connectivity index (χ1n) is 6.72. The van der Waals surface area contributed by atoms with Crippen LogP contribution in [0.25, 0.3) is 0 Å². The molecule has 0 saturated carbocycles. The first-order valence-corrected chi connectivity index (χ1v) is 6.72. The van der Waals surface area contributed by atoms with Crippen LogP contribution in [0, 0.1) is 13.8 Å². The Bertz CT molecular complexity index is 549. The SMILES string of the molecule is CCOc1ccc(C)cc1NCc1cccc(C)c1. The van der Waals surface area contributed by atoms with Crippen molar-refractivity contribution in [1.82, 2.24) is 0 Å². The predicted molar refractivity (Wildman–Crippen MR) is 80.9 cm³/mol. The molecule has 0 aliphatic carbocycles. The van der Waals surface area contributed by atoms with Crippen LogP contribution in [0.2, 0.25) is 0 Å². The number of aryl methyl sites for hydroxylation is 2. The molecule has 0 aliphatic rings. The highest BCUT2D eigenvalue weighted by Crippen LogP contribution is 2.26. The Morgan fingerprint density at radius 3 is 2.53 bits per heavy atom. The number of hydrogen-bond acceptors (Lipinski definition) is 2. The van der Waals surface area contributed by atoms with Crippen LogP contribution >= 0.6 is 0 Å². The van der Waals surface area contributed by atoms with E-state index < -0.39 is 0 Å². The second-order valence-corrected chi connectivity index (χ2v) is 4.78. The van der Waals surface area contributed by atoms with E-state index in [0.29, 0.717) is 6.61 Å². The minimum atomic E-state index is 0.683. The highest BCUT2D eigenvalue weighted by atomic mass is 16.5. The van der Waals surface area contributed by atoms with E-state index in [-0.39, 0.29) is 0 Å². The van der Waals surface area contributed by atoms with E-state index in [0.717, 1.165) is 18.0 Å². The lowest BCUT2D eigenvalue weighted by Gasteiger charge is -2.13. The smallest absolute Gasteiger partial charge is 0.142 e. The van der Waals surface area contributed by atoms with Crippen molar-refractivity contribution in [1.29, 1.82) is 0 Å². The van der Waals surface area contributed by atoms with Crippen LogP contribution in [0.15, 0.2) is 42.5 Å². The molecule has 0 heterocycles. The summed E-state index contributed by atoms with van der Waals surface area (Å²) in [6, 6.07) is 14.8. The average molecular weight is 255 g/mol. The molecule has 0 saturated heterocycles. The molecule has 1 N–H and O–H groups in total. The second-order valence-electron chi connectivity index (χ2n) is 4.78. The molecule has 2 aromatic rings. The van der Waals surface area contributed by atoms with E-state index in [1.807, 2.05) is 13.0 Å². The molecule has 2 heteroatoms. The van der Waals surface area contributed by atoms with Gasteiger partial charge in [0.05, 0.1) is 12.3 Å². The van der Waals surface area contributed by atoms with Crippen molar-refractivity contribution in [3.63, 3.8) is 0 Å². The summed E-state index contributed by atoms with van der Waals surface area (Å²) >= 11 is 0. The van der Waals surface area contributed by atoms with Gasteiger partial charge in [0.25, 0.3) is 0 Å². The lowest BCUT2D eigenvalue weighted by molar-refractivity contribution is 0.341. The van der Waals surface area contributed by atoms with Crippen LogP contribution in [0.1, 0.15) is 23.6 Å². The summed E-state index contributed by atoms with van der Waals surface area (Å²) in [5, 5.41) is 3.46. The standard InChI is InChI=1S/C17H21NO/c1-4-19-17-9-8-14(3)11-16(17)18-12-15-7-5-6-13(2)10-15/h5-11,18H,4,12H2,1-3H3. The molecule has 0 bridgehead atoms. The molecule has 0 aliphatic heterocycles. The minimum Gasteiger partial charge on any atom is -0.492 e. The molecule has 0 unspecified atom stereocenters. The number of nitrogens with one attached hydrogen (secondary N) is 1. The molecule has 0 aromatic heterocycles. The predicted octanol–water partition coefficient (Wildman–Crippen LogP) is 4.31. The van der Waals surface area contributed by atoms with Crippen molar-refractivity contribution >= 4 is 5.69 Å². The Kier molecular flexibility index (Phi) is 4.45. The van der Waals surface area contributed by atoms with Crippen LogP contribution < -0.4 is 10.1 Å². The van der Waals surface area contributed by atoms with Gasteiger partial charge in [0.2, 0.25) is 0 Å². The molecule has 0 atom stereocenters. The molecule has 0 amide bonds. The molecule has 2 aromatic carbocycles. The van der Waals surface area contributed by atoms with Crippen molar-refractivity contribution in [2.45, 2.75) is 27.3 Å². The fourth-order valence-electron chi connectivity index (χ4n) is 2.08. The van der Waals surface area contributed by atoms with Crippen molar-refractivity contribution in [3.05, 3.63) is 59.2 Å². The quantitative estimate of drug-likeness (QED) is 0.859. The molecule has 19 heavy (non-hydrogen) atoms. The van der Waals surface area contributed by atoms with E-state index in [1.54, 1.807) is 0 Å². The molecule has 2 rings (SSSR count). The molecule has 0 spiro atoms. The molecule has 2 nitrogen and oxygen atoms in total. The third-order valence-electron chi connectivity index (χ3n) is 3.00. The Balaban J connectivity index is 2.12. The largest absolute Gasteiger partial charge is 0.492 e. The van der Waals surface area contributed by atoms with Gasteiger partial charge in [-0.25, -0.2) is 0 Å². The van der Waals surface area contributed by atoms with Crippen molar-refractivity contribution in [3.8, 4) is 5.75 Å². The van der Waals surface area contributed by atoms with Gasteiger partial charge in [-0.2, -0.15) is 0 Å². The summed E-state index contributed by atoms with van der Waals surface area (Å²) in [5.74, 6) is 0.917. The number of benzene rings is 2. The van der Waals surface area contributed by atoms with Gasteiger partial charge in [-0.15, -0.1) is 0 Å². The maximum Gasteiger partial charge on any atom is 0.142 e. The van der Waals surface area contributed by atoms with Gasteiger partial charge in [-0.1, -0.05) is 35.9 Å². The Hall–Kier alpha value is -1.96.